The first kappa shape index (κ1) is 19.5. The number of carbonyl (C=O) groups is 1. The van der Waals surface area contributed by atoms with Gasteiger partial charge < -0.3 is 5.11 Å². The van der Waals surface area contributed by atoms with Crippen molar-refractivity contribution in [3.8, 4) is 5.69 Å². The van der Waals surface area contributed by atoms with E-state index in [2.05, 4.69) is 10.1 Å². The maximum Gasteiger partial charge on any atom is 0.416 e. The topological polar surface area (TPSA) is 68.0 Å². The van der Waals surface area contributed by atoms with Gasteiger partial charge in [-0.1, -0.05) is 0 Å². The molecule has 28 heavy (non-hydrogen) atoms. The number of carboxylic acid groups (broad SMARTS) is 1. The molecule has 0 spiro atoms. The van der Waals surface area contributed by atoms with E-state index in [1.807, 2.05) is 0 Å². The summed E-state index contributed by atoms with van der Waals surface area (Å²) in [6, 6.07) is 3.94. The third-order valence-electron chi connectivity index (χ3n) is 4.18. The van der Waals surface area contributed by atoms with E-state index in [-0.39, 0.29) is 17.5 Å². The number of aromatic carboxylic acids is 1. The van der Waals surface area contributed by atoms with E-state index in [1.165, 1.54) is 17.1 Å². The predicted octanol–water partition coefficient (Wildman–Crippen LogP) is 4.33. The fourth-order valence-electron chi connectivity index (χ4n) is 2.82. The summed E-state index contributed by atoms with van der Waals surface area (Å²) in [6.45, 7) is 3.30. The fraction of sp³-hybridized carbons (Fsp3) is 0.211. The van der Waals surface area contributed by atoms with Crippen LogP contribution in [-0.4, -0.2) is 25.8 Å². The Morgan fingerprint density at radius 3 is 2.50 bits per heavy atom. The molecule has 0 atom stereocenters. The molecule has 0 bridgehead atoms. The van der Waals surface area contributed by atoms with Gasteiger partial charge >= 0.3 is 12.1 Å². The number of halogens is 4. The van der Waals surface area contributed by atoms with E-state index in [9.17, 15) is 22.4 Å². The van der Waals surface area contributed by atoms with Gasteiger partial charge in [-0.05, 0) is 49.2 Å². The lowest BCUT2D eigenvalue weighted by atomic mass is 10.0. The number of benzene rings is 1. The highest BCUT2D eigenvalue weighted by Crippen LogP contribution is 2.31. The second kappa shape index (κ2) is 7.06. The van der Waals surface area contributed by atoms with E-state index in [0.29, 0.717) is 28.7 Å². The molecule has 0 radical (unpaired) electrons. The van der Waals surface area contributed by atoms with E-state index >= 15 is 0 Å². The van der Waals surface area contributed by atoms with Gasteiger partial charge in [0.15, 0.2) is 0 Å². The number of pyridine rings is 1. The zero-order valence-electron chi connectivity index (χ0n) is 14.9. The Kier molecular flexibility index (Phi) is 4.93. The average Bonchev–Trinajstić information content (AvgIpc) is 2.97. The molecule has 9 heteroatoms. The van der Waals surface area contributed by atoms with Gasteiger partial charge in [0.1, 0.15) is 11.4 Å². The standard InChI is InChI=1S/C19H15F4N3O2/c1-10-8-24-15(5-12-3-13(19(21,22)23)6-14(20)4-12)7-17(10)26-9-16(18(27)28)11(2)25-26/h3-4,6-9H,5H2,1-2H3,(H,27,28). The van der Waals surface area contributed by atoms with Crippen molar-refractivity contribution in [2.75, 3.05) is 0 Å². The summed E-state index contributed by atoms with van der Waals surface area (Å²) in [5, 5.41) is 13.3. The molecule has 3 aromatic rings. The minimum atomic E-state index is -4.65. The van der Waals surface area contributed by atoms with Crippen molar-refractivity contribution in [3.63, 3.8) is 0 Å². The maximum atomic E-state index is 13.6. The summed E-state index contributed by atoms with van der Waals surface area (Å²) < 4.78 is 53.6. The lowest BCUT2D eigenvalue weighted by molar-refractivity contribution is -0.137. The minimum absolute atomic E-state index is 0.0276. The van der Waals surface area contributed by atoms with Crippen molar-refractivity contribution in [2.24, 2.45) is 0 Å². The monoisotopic (exact) mass is 393 g/mol. The Balaban J connectivity index is 1.98. The zero-order valence-corrected chi connectivity index (χ0v) is 14.9. The molecule has 2 aromatic heterocycles. The zero-order chi connectivity index (χ0) is 20.6. The largest absolute Gasteiger partial charge is 0.478 e. The van der Waals surface area contributed by atoms with Crippen molar-refractivity contribution >= 4 is 5.97 Å². The number of nitrogens with zero attached hydrogens (tertiary/aromatic N) is 3. The quantitative estimate of drug-likeness (QED) is 0.670. The molecule has 146 valence electrons. The molecular weight excluding hydrogens is 378 g/mol. The summed E-state index contributed by atoms with van der Waals surface area (Å²) in [7, 11) is 0. The van der Waals surface area contributed by atoms with Gasteiger partial charge in [0.25, 0.3) is 0 Å². The van der Waals surface area contributed by atoms with Crippen molar-refractivity contribution < 1.29 is 27.5 Å². The number of alkyl halides is 3. The van der Waals surface area contributed by atoms with Crippen molar-refractivity contribution in [3.05, 3.63) is 76.1 Å². The summed E-state index contributed by atoms with van der Waals surface area (Å²) in [6.07, 6.45) is -1.82. The average molecular weight is 393 g/mol. The highest BCUT2D eigenvalue weighted by Gasteiger charge is 2.31. The van der Waals surface area contributed by atoms with Gasteiger partial charge in [-0.3, -0.25) is 4.98 Å². The van der Waals surface area contributed by atoms with Crippen LogP contribution in [0.1, 0.15) is 38.4 Å². The molecule has 5 nitrogen and oxygen atoms in total. The minimum Gasteiger partial charge on any atom is -0.478 e. The maximum absolute atomic E-state index is 13.6. The van der Waals surface area contributed by atoms with Crippen molar-refractivity contribution in [1.82, 2.24) is 14.8 Å². The Labute approximate surface area is 157 Å². The predicted molar refractivity (Wildman–Crippen MR) is 92.0 cm³/mol. The molecule has 0 aliphatic carbocycles. The molecule has 0 saturated heterocycles. The lowest BCUT2D eigenvalue weighted by Gasteiger charge is -2.11. The summed E-state index contributed by atoms with van der Waals surface area (Å²) >= 11 is 0. The van der Waals surface area contributed by atoms with Crippen molar-refractivity contribution in [2.45, 2.75) is 26.4 Å². The van der Waals surface area contributed by atoms with Gasteiger partial charge in [0.2, 0.25) is 0 Å². The van der Waals surface area contributed by atoms with Gasteiger partial charge in [0.05, 0.1) is 16.9 Å². The van der Waals surface area contributed by atoms with Crippen LogP contribution in [-0.2, 0) is 12.6 Å². The summed E-state index contributed by atoms with van der Waals surface area (Å²) in [5.74, 6) is -2.10. The molecule has 0 amide bonds. The Bertz CT molecular complexity index is 1060. The summed E-state index contributed by atoms with van der Waals surface area (Å²) in [5.41, 5.74) is 1.04. The molecular formula is C19H15F4N3O2. The lowest BCUT2D eigenvalue weighted by Crippen LogP contribution is -2.07. The Morgan fingerprint density at radius 2 is 1.89 bits per heavy atom. The van der Waals surface area contributed by atoms with E-state index in [0.717, 1.165) is 12.1 Å². The number of hydrogen-bond acceptors (Lipinski definition) is 3. The number of aromatic nitrogens is 3. The van der Waals surface area contributed by atoms with Crippen LogP contribution in [0.4, 0.5) is 17.6 Å². The third-order valence-corrected chi connectivity index (χ3v) is 4.18. The van der Waals surface area contributed by atoms with Crippen LogP contribution < -0.4 is 0 Å². The molecule has 2 heterocycles. The molecule has 3 rings (SSSR count). The second-order valence-electron chi connectivity index (χ2n) is 6.36. The van der Waals surface area contributed by atoms with E-state index in [4.69, 9.17) is 5.11 Å². The SMILES string of the molecule is Cc1cnc(Cc2cc(F)cc(C(F)(F)F)c2)cc1-n1cc(C(=O)O)c(C)n1. The van der Waals surface area contributed by atoms with Gasteiger partial charge in [-0.2, -0.15) is 18.3 Å². The van der Waals surface area contributed by atoms with Crippen LogP contribution in [0.5, 0.6) is 0 Å². The Hall–Kier alpha value is -3.23. The number of rotatable bonds is 4. The summed E-state index contributed by atoms with van der Waals surface area (Å²) in [4.78, 5) is 15.4. The number of hydrogen-bond donors (Lipinski definition) is 1. The highest BCUT2D eigenvalue weighted by atomic mass is 19.4. The smallest absolute Gasteiger partial charge is 0.416 e. The van der Waals surface area contributed by atoms with Crippen LogP contribution in [0.3, 0.4) is 0 Å². The van der Waals surface area contributed by atoms with Crippen LogP contribution in [0.25, 0.3) is 5.69 Å². The van der Waals surface area contributed by atoms with E-state index < -0.39 is 23.5 Å². The first-order valence-corrected chi connectivity index (χ1v) is 8.16. The second-order valence-corrected chi connectivity index (χ2v) is 6.36. The van der Waals surface area contributed by atoms with Gasteiger partial charge in [-0.15, -0.1) is 0 Å². The van der Waals surface area contributed by atoms with Gasteiger partial charge in [0, 0.05) is 24.5 Å². The normalized spacial score (nSPS) is 11.6. The van der Waals surface area contributed by atoms with Gasteiger partial charge in [-0.25, -0.2) is 13.9 Å². The molecule has 0 aliphatic heterocycles. The first-order chi connectivity index (χ1) is 13.0. The van der Waals surface area contributed by atoms with Crippen LogP contribution in [0.2, 0.25) is 0 Å². The third kappa shape index (κ3) is 4.03. The molecule has 0 fully saturated rings. The van der Waals surface area contributed by atoms with Crippen LogP contribution in [0.15, 0.2) is 36.7 Å². The van der Waals surface area contributed by atoms with Crippen molar-refractivity contribution in [1.29, 1.82) is 0 Å². The molecule has 0 unspecified atom stereocenters. The molecule has 0 aliphatic rings. The molecule has 1 N–H and O–H groups in total. The highest BCUT2D eigenvalue weighted by molar-refractivity contribution is 5.88. The Morgan fingerprint density at radius 1 is 1.18 bits per heavy atom. The molecule has 0 saturated carbocycles. The first-order valence-electron chi connectivity index (χ1n) is 8.16. The van der Waals surface area contributed by atoms with Crippen LogP contribution in [0, 0.1) is 19.7 Å². The number of aryl methyl sites for hydroxylation is 2. The van der Waals surface area contributed by atoms with E-state index in [1.54, 1.807) is 19.9 Å². The van der Waals surface area contributed by atoms with Crippen LogP contribution >= 0.6 is 0 Å². The molecule has 1 aromatic carbocycles. The fourth-order valence-corrected chi connectivity index (χ4v) is 2.82. The number of carboxylic acids is 1.